The van der Waals surface area contributed by atoms with Gasteiger partial charge in [0.05, 0.1) is 11.1 Å². The van der Waals surface area contributed by atoms with Crippen molar-refractivity contribution in [3.8, 4) is 16.2 Å². The van der Waals surface area contributed by atoms with Crippen molar-refractivity contribution in [2.24, 2.45) is 0 Å². The molecule has 228 valence electrons. The Kier molecular flexibility index (Phi) is 10.00. The van der Waals surface area contributed by atoms with Crippen LogP contribution >= 0.6 is 23.6 Å². The zero-order chi connectivity index (χ0) is 31.3. The molecule has 0 fully saturated rings. The monoisotopic (exact) mass is 659 g/mol. The first-order valence-corrected chi connectivity index (χ1v) is 15.1. The van der Waals surface area contributed by atoms with Gasteiger partial charge in [0.2, 0.25) is 10.0 Å². The van der Waals surface area contributed by atoms with E-state index in [9.17, 15) is 34.8 Å². The number of ether oxygens (including phenoxy) is 1. The SMILES string of the molecule is O=S(=O)(NCCNC(=S)Nc1cc(C(F)(F)F)cc(C(F)(F)F)c1)c1ccc(-c2ccccc2OCc2ccccc2)s1. The minimum atomic E-state index is -5.01. The summed E-state index contributed by atoms with van der Waals surface area (Å²) >= 11 is 5.99. The Bertz CT molecular complexity index is 1640. The lowest BCUT2D eigenvalue weighted by Crippen LogP contribution is -2.36. The van der Waals surface area contributed by atoms with E-state index in [0.717, 1.165) is 16.9 Å². The van der Waals surface area contributed by atoms with Crippen LogP contribution in [-0.2, 0) is 29.0 Å². The molecule has 15 heteroatoms. The number of thiophene rings is 1. The second-order valence-corrected chi connectivity index (χ2v) is 12.4. The number of halogens is 6. The van der Waals surface area contributed by atoms with Crippen LogP contribution in [0.3, 0.4) is 0 Å². The number of thiocarbonyl (C=S) groups is 1. The highest BCUT2D eigenvalue weighted by Crippen LogP contribution is 2.38. The average Bonchev–Trinajstić information content (AvgIpc) is 3.45. The molecule has 1 aromatic heterocycles. The molecule has 3 aromatic carbocycles. The van der Waals surface area contributed by atoms with Crippen molar-refractivity contribution in [1.29, 1.82) is 0 Å². The van der Waals surface area contributed by atoms with E-state index in [-0.39, 0.29) is 28.5 Å². The van der Waals surface area contributed by atoms with Gasteiger partial charge in [-0.2, -0.15) is 26.3 Å². The molecule has 0 amide bonds. The van der Waals surface area contributed by atoms with Crippen LogP contribution in [-0.4, -0.2) is 26.6 Å². The van der Waals surface area contributed by atoms with E-state index in [4.69, 9.17) is 17.0 Å². The molecule has 0 radical (unpaired) electrons. The zero-order valence-corrected chi connectivity index (χ0v) is 24.4. The smallest absolute Gasteiger partial charge is 0.416 e. The quantitative estimate of drug-likeness (QED) is 0.0943. The van der Waals surface area contributed by atoms with E-state index in [1.54, 1.807) is 12.1 Å². The van der Waals surface area contributed by atoms with Gasteiger partial charge >= 0.3 is 12.4 Å². The molecule has 0 bridgehead atoms. The summed E-state index contributed by atoms with van der Waals surface area (Å²) in [6.45, 7) is 0.0476. The fraction of sp³-hybridized carbons (Fsp3) is 0.179. The number of rotatable bonds is 10. The Labute approximate surface area is 252 Å². The Hall–Kier alpha value is -3.66. The molecular weight excluding hydrogens is 637 g/mol. The van der Waals surface area contributed by atoms with E-state index < -0.39 is 39.2 Å². The molecule has 0 atom stereocenters. The molecule has 4 rings (SSSR count). The summed E-state index contributed by atoms with van der Waals surface area (Å²) in [5.74, 6) is 0.582. The first kappa shape index (κ1) is 32.3. The second-order valence-electron chi connectivity index (χ2n) is 8.96. The largest absolute Gasteiger partial charge is 0.488 e. The summed E-state index contributed by atoms with van der Waals surface area (Å²) in [6.07, 6.45) is -10.0. The van der Waals surface area contributed by atoms with Gasteiger partial charge in [-0.15, -0.1) is 11.3 Å². The van der Waals surface area contributed by atoms with Gasteiger partial charge in [-0.05, 0) is 60.2 Å². The van der Waals surface area contributed by atoms with Crippen LogP contribution in [0.25, 0.3) is 10.4 Å². The van der Waals surface area contributed by atoms with E-state index in [2.05, 4.69) is 15.4 Å². The molecule has 4 aromatic rings. The molecule has 0 aliphatic heterocycles. The lowest BCUT2D eigenvalue weighted by molar-refractivity contribution is -0.143. The van der Waals surface area contributed by atoms with Crippen LogP contribution < -0.4 is 20.1 Å². The predicted octanol–water partition coefficient (Wildman–Crippen LogP) is 7.30. The van der Waals surface area contributed by atoms with Gasteiger partial charge in [0.15, 0.2) is 5.11 Å². The Balaban J connectivity index is 1.34. The number of alkyl halides is 6. The predicted molar refractivity (Wildman–Crippen MR) is 156 cm³/mol. The van der Waals surface area contributed by atoms with Gasteiger partial charge in [-0.1, -0.05) is 42.5 Å². The summed E-state index contributed by atoms with van der Waals surface area (Å²) in [4.78, 5) is 0.659. The zero-order valence-electron chi connectivity index (χ0n) is 21.9. The minimum absolute atomic E-state index is 0.00276. The van der Waals surface area contributed by atoms with Crippen LogP contribution in [0.4, 0.5) is 32.0 Å². The lowest BCUT2D eigenvalue weighted by atomic mass is 10.1. The number of anilines is 1. The average molecular weight is 660 g/mol. The summed E-state index contributed by atoms with van der Waals surface area (Å²) in [5, 5.41) is 4.54. The molecule has 0 saturated carbocycles. The highest BCUT2D eigenvalue weighted by molar-refractivity contribution is 7.91. The van der Waals surface area contributed by atoms with E-state index >= 15 is 0 Å². The number of benzene rings is 3. The number of para-hydroxylation sites is 1. The van der Waals surface area contributed by atoms with Crippen molar-refractivity contribution < 1.29 is 39.5 Å². The summed E-state index contributed by atoms with van der Waals surface area (Å²) in [6, 6.07) is 20.9. The number of sulfonamides is 1. The van der Waals surface area contributed by atoms with Crippen LogP contribution in [0, 0.1) is 0 Å². The minimum Gasteiger partial charge on any atom is -0.488 e. The number of hydrogen-bond acceptors (Lipinski definition) is 5. The van der Waals surface area contributed by atoms with Gasteiger partial charge in [-0.3, -0.25) is 0 Å². The standard InChI is InChI=1S/C28H23F6N3O3S3/c29-27(30,31)19-14-20(28(32,33)34)16-21(15-19)37-26(41)35-12-13-36-43(38,39)25-11-10-24(42-25)22-8-4-5-9-23(22)40-17-18-6-2-1-3-7-18/h1-11,14-16,36H,12-13,17H2,(H2,35,37,41). The third-order valence-corrected chi connectivity index (χ3v) is 9.10. The normalized spacial score (nSPS) is 12.1. The van der Waals surface area contributed by atoms with Crippen molar-refractivity contribution in [2.75, 3.05) is 18.4 Å². The lowest BCUT2D eigenvalue weighted by Gasteiger charge is -2.16. The van der Waals surface area contributed by atoms with Gasteiger partial charge in [0.25, 0.3) is 0 Å². The molecule has 0 spiro atoms. The van der Waals surface area contributed by atoms with Crippen molar-refractivity contribution in [3.63, 3.8) is 0 Å². The fourth-order valence-corrected chi connectivity index (χ4v) is 6.41. The van der Waals surface area contributed by atoms with Crippen molar-refractivity contribution in [1.82, 2.24) is 10.0 Å². The molecule has 1 heterocycles. The van der Waals surface area contributed by atoms with E-state index in [0.29, 0.717) is 34.9 Å². The fourth-order valence-electron chi connectivity index (χ4n) is 3.78. The van der Waals surface area contributed by atoms with Crippen LogP contribution in [0.15, 0.2) is 89.1 Å². The Morgan fingerprint density at radius 3 is 2.09 bits per heavy atom. The van der Waals surface area contributed by atoms with Gasteiger partial charge in [0, 0.05) is 29.2 Å². The molecule has 43 heavy (non-hydrogen) atoms. The Morgan fingerprint density at radius 1 is 0.814 bits per heavy atom. The Morgan fingerprint density at radius 2 is 1.44 bits per heavy atom. The molecule has 3 N–H and O–H groups in total. The number of nitrogens with one attached hydrogen (secondary N) is 3. The van der Waals surface area contributed by atoms with Crippen LogP contribution in [0.5, 0.6) is 5.75 Å². The van der Waals surface area contributed by atoms with Crippen LogP contribution in [0.2, 0.25) is 0 Å². The molecule has 0 aliphatic carbocycles. The van der Waals surface area contributed by atoms with Crippen molar-refractivity contribution in [3.05, 3.63) is 102 Å². The maximum absolute atomic E-state index is 13.1. The molecular formula is C28H23F6N3O3S3. The van der Waals surface area contributed by atoms with Gasteiger partial charge in [0.1, 0.15) is 16.6 Å². The molecule has 6 nitrogen and oxygen atoms in total. The van der Waals surface area contributed by atoms with Gasteiger partial charge < -0.3 is 15.4 Å². The summed E-state index contributed by atoms with van der Waals surface area (Å²) < 4.78 is 113. The maximum Gasteiger partial charge on any atom is 0.416 e. The molecule has 0 aliphatic rings. The maximum atomic E-state index is 13.1. The highest BCUT2D eigenvalue weighted by atomic mass is 32.2. The first-order valence-electron chi connectivity index (χ1n) is 12.4. The second kappa shape index (κ2) is 13.3. The van der Waals surface area contributed by atoms with E-state index in [1.807, 2.05) is 48.5 Å². The van der Waals surface area contributed by atoms with Crippen LogP contribution in [0.1, 0.15) is 16.7 Å². The first-order chi connectivity index (χ1) is 20.2. The molecule has 0 unspecified atom stereocenters. The molecule has 0 saturated heterocycles. The highest BCUT2D eigenvalue weighted by Gasteiger charge is 2.37. The topological polar surface area (TPSA) is 79.5 Å². The van der Waals surface area contributed by atoms with Gasteiger partial charge in [-0.25, -0.2) is 13.1 Å². The number of hydrogen-bond donors (Lipinski definition) is 3. The summed E-state index contributed by atoms with van der Waals surface area (Å²) in [5.41, 5.74) is -1.84. The summed E-state index contributed by atoms with van der Waals surface area (Å²) in [7, 11) is -3.94. The van der Waals surface area contributed by atoms with Crippen molar-refractivity contribution >= 4 is 44.4 Å². The third kappa shape index (κ3) is 8.92. The van der Waals surface area contributed by atoms with E-state index in [1.165, 1.54) is 6.07 Å². The third-order valence-electron chi connectivity index (χ3n) is 5.78. The van der Waals surface area contributed by atoms with Crippen molar-refractivity contribution in [2.45, 2.75) is 23.2 Å².